The summed E-state index contributed by atoms with van der Waals surface area (Å²) in [4.78, 5) is 35.8. The van der Waals surface area contributed by atoms with Crippen molar-refractivity contribution in [3.8, 4) is 0 Å². The van der Waals surface area contributed by atoms with Crippen molar-refractivity contribution in [2.45, 2.75) is 0 Å². The van der Waals surface area contributed by atoms with E-state index in [0.717, 1.165) is 11.0 Å². The van der Waals surface area contributed by atoms with Crippen LogP contribution < -0.4 is 5.32 Å². The Hall–Kier alpha value is -2.35. The number of carbonyl (C=O) groups excluding carboxylic acids is 2. The molecule has 136 valence electrons. The fourth-order valence-corrected chi connectivity index (χ4v) is 2.55. The van der Waals surface area contributed by atoms with Crippen molar-refractivity contribution in [1.82, 2.24) is 4.90 Å². The van der Waals surface area contributed by atoms with Crippen molar-refractivity contribution in [3.05, 3.63) is 67.1 Å². The maximum absolute atomic E-state index is 12.4. The van der Waals surface area contributed by atoms with Crippen LogP contribution in [0, 0.1) is 10.1 Å². The second-order valence-corrected chi connectivity index (χ2v) is 6.48. The van der Waals surface area contributed by atoms with Gasteiger partial charge in [0.15, 0.2) is 0 Å². The van der Waals surface area contributed by atoms with Crippen LogP contribution in [0.3, 0.4) is 0 Å². The third-order valence-electron chi connectivity index (χ3n) is 3.32. The van der Waals surface area contributed by atoms with Crippen LogP contribution in [-0.4, -0.2) is 35.2 Å². The Morgan fingerprint density at radius 3 is 2.35 bits per heavy atom. The van der Waals surface area contributed by atoms with E-state index >= 15 is 0 Å². The van der Waals surface area contributed by atoms with Gasteiger partial charge in [-0.3, -0.25) is 19.7 Å². The molecule has 0 atom stereocenters. The van der Waals surface area contributed by atoms with Gasteiger partial charge in [-0.05, 0) is 24.3 Å². The summed E-state index contributed by atoms with van der Waals surface area (Å²) in [7, 11) is 1.38. The van der Waals surface area contributed by atoms with Gasteiger partial charge in [0.2, 0.25) is 5.91 Å². The maximum Gasteiger partial charge on any atom is 0.270 e. The molecule has 2 aromatic carbocycles. The molecule has 0 aliphatic heterocycles. The van der Waals surface area contributed by atoms with Gasteiger partial charge in [-0.1, -0.05) is 34.8 Å². The van der Waals surface area contributed by atoms with Crippen LogP contribution in [-0.2, 0) is 4.79 Å². The van der Waals surface area contributed by atoms with Crippen molar-refractivity contribution in [2.75, 3.05) is 18.9 Å². The number of likely N-dealkylation sites (N-methyl/N-ethyl adjacent to an activating group) is 1. The first-order chi connectivity index (χ1) is 12.2. The Bertz CT molecular complexity index is 889. The van der Waals surface area contributed by atoms with E-state index in [4.69, 9.17) is 34.8 Å². The lowest BCUT2D eigenvalue weighted by atomic mass is 10.1. The molecule has 0 saturated heterocycles. The highest BCUT2D eigenvalue weighted by Crippen LogP contribution is 2.25. The van der Waals surface area contributed by atoms with Gasteiger partial charge >= 0.3 is 0 Å². The normalized spacial score (nSPS) is 10.3. The maximum atomic E-state index is 12.4. The summed E-state index contributed by atoms with van der Waals surface area (Å²) >= 11 is 17.6. The van der Waals surface area contributed by atoms with E-state index in [1.54, 1.807) is 6.07 Å². The topological polar surface area (TPSA) is 92.6 Å². The zero-order valence-electron chi connectivity index (χ0n) is 13.3. The van der Waals surface area contributed by atoms with Crippen LogP contribution in [0.15, 0.2) is 36.4 Å². The number of non-ortho nitro benzene ring substituents is 1. The molecule has 0 unspecified atom stereocenters. The van der Waals surface area contributed by atoms with Gasteiger partial charge in [0.05, 0.1) is 32.1 Å². The lowest BCUT2D eigenvalue weighted by Crippen LogP contribution is -2.35. The van der Waals surface area contributed by atoms with Crippen LogP contribution in [0.2, 0.25) is 15.1 Å². The van der Waals surface area contributed by atoms with Crippen molar-refractivity contribution in [1.29, 1.82) is 0 Å². The molecule has 10 heteroatoms. The van der Waals surface area contributed by atoms with E-state index in [1.165, 1.54) is 31.3 Å². The summed E-state index contributed by atoms with van der Waals surface area (Å²) < 4.78 is 0. The van der Waals surface area contributed by atoms with E-state index in [-0.39, 0.29) is 27.8 Å². The quantitative estimate of drug-likeness (QED) is 0.582. The fourth-order valence-electron chi connectivity index (χ4n) is 2.06. The summed E-state index contributed by atoms with van der Waals surface area (Å²) in [6, 6.07) is 8.08. The summed E-state index contributed by atoms with van der Waals surface area (Å²) in [5, 5.41) is 14.1. The highest BCUT2D eigenvalue weighted by Gasteiger charge is 2.20. The first-order valence-corrected chi connectivity index (χ1v) is 8.26. The number of hydrogen-bond acceptors (Lipinski definition) is 4. The summed E-state index contributed by atoms with van der Waals surface area (Å²) in [5.74, 6) is -1.11. The van der Waals surface area contributed by atoms with Gasteiger partial charge in [0.25, 0.3) is 11.6 Å². The molecule has 0 heterocycles. The molecular weight excluding hydrogens is 405 g/mol. The Balaban J connectivity index is 2.08. The molecule has 0 aliphatic rings. The smallest absolute Gasteiger partial charge is 0.270 e. The number of nitrogens with one attached hydrogen (secondary N) is 1. The summed E-state index contributed by atoms with van der Waals surface area (Å²) in [6.07, 6.45) is 0. The Morgan fingerprint density at radius 2 is 1.73 bits per heavy atom. The van der Waals surface area contributed by atoms with Gasteiger partial charge < -0.3 is 10.2 Å². The highest BCUT2D eigenvalue weighted by molar-refractivity contribution is 6.42. The molecular formula is C16H12Cl3N3O4. The van der Waals surface area contributed by atoms with Gasteiger partial charge in [0, 0.05) is 24.9 Å². The number of anilines is 1. The number of halogens is 3. The second kappa shape index (κ2) is 8.35. The van der Waals surface area contributed by atoms with Crippen molar-refractivity contribution in [2.24, 2.45) is 0 Å². The van der Waals surface area contributed by atoms with Gasteiger partial charge in [-0.25, -0.2) is 0 Å². The number of rotatable bonds is 5. The highest BCUT2D eigenvalue weighted by atomic mass is 35.5. The van der Waals surface area contributed by atoms with Crippen molar-refractivity contribution in [3.63, 3.8) is 0 Å². The van der Waals surface area contributed by atoms with Crippen LogP contribution in [0.1, 0.15) is 10.4 Å². The predicted octanol–water partition coefficient (Wildman–Crippen LogP) is 4.27. The largest absolute Gasteiger partial charge is 0.332 e. The molecule has 26 heavy (non-hydrogen) atoms. The third-order valence-corrected chi connectivity index (χ3v) is 4.39. The van der Waals surface area contributed by atoms with E-state index in [1.807, 2.05) is 0 Å². The van der Waals surface area contributed by atoms with Crippen LogP contribution in [0.25, 0.3) is 0 Å². The first-order valence-electron chi connectivity index (χ1n) is 7.13. The molecule has 7 nitrogen and oxygen atoms in total. The monoisotopic (exact) mass is 415 g/mol. The predicted molar refractivity (Wildman–Crippen MR) is 100 cm³/mol. The number of hydrogen-bond donors (Lipinski definition) is 1. The average Bonchev–Trinajstić information content (AvgIpc) is 2.57. The van der Waals surface area contributed by atoms with Crippen LogP contribution in [0.4, 0.5) is 11.4 Å². The number of nitro benzene ring substituents is 1. The number of nitrogens with zero attached hydrogens (tertiary/aromatic N) is 2. The third kappa shape index (κ3) is 4.85. The second-order valence-electron chi connectivity index (χ2n) is 5.26. The Kier molecular flexibility index (Phi) is 6.42. The molecule has 1 N–H and O–H groups in total. The van der Waals surface area contributed by atoms with Gasteiger partial charge in [0.1, 0.15) is 0 Å². The number of benzene rings is 2. The zero-order chi connectivity index (χ0) is 19.4. The molecule has 0 aromatic heterocycles. The van der Waals surface area contributed by atoms with Crippen molar-refractivity contribution >= 4 is 58.0 Å². The van der Waals surface area contributed by atoms with Crippen LogP contribution >= 0.6 is 34.8 Å². The summed E-state index contributed by atoms with van der Waals surface area (Å²) in [6.45, 7) is -0.294. The molecule has 0 fully saturated rings. The lowest BCUT2D eigenvalue weighted by Gasteiger charge is -2.17. The lowest BCUT2D eigenvalue weighted by molar-refractivity contribution is -0.384. The fraction of sp³-hybridized carbons (Fsp3) is 0.125. The number of amides is 2. The molecule has 0 spiro atoms. The van der Waals surface area contributed by atoms with E-state index in [0.29, 0.717) is 10.7 Å². The molecule has 0 saturated carbocycles. The van der Waals surface area contributed by atoms with Crippen LogP contribution in [0.5, 0.6) is 0 Å². The minimum Gasteiger partial charge on any atom is -0.332 e. The molecule has 0 aliphatic carbocycles. The molecule has 2 amide bonds. The van der Waals surface area contributed by atoms with Crippen molar-refractivity contribution < 1.29 is 14.5 Å². The average molecular weight is 417 g/mol. The molecule has 2 aromatic rings. The SMILES string of the molecule is CN(CC(=O)Nc1ccc(Cl)c(Cl)c1)C(=O)c1cc([N+](=O)[O-])ccc1Cl. The molecule has 0 radical (unpaired) electrons. The number of carbonyl (C=O) groups is 2. The minimum atomic E-state index is -0.635. The van der Waals surface area contributed by atoms with E-state index < -0.39 is 16.7 Å². The minimum absolute atomic E-state index is 0.0531. The molecule has 2 rings (SSSR count). The standard InChI is InChI=1S/C16H12Cl3N3O4/c1-21(8-15(23)20-9-2-4-13(18)14(19)6-9)16(24)11-7-10(22(25)26)3-5-12(11)17/h2-7H,8H2,1H3,(H,20,23). The Labute approximate surface area is 163 Å². The number of nitro groups is 1. The van der Waals surface area contributed by atoms with E-state index in [9.17, 15) is 19.7 Å². The van der Waals surface area contributed by atoms with Gasteiger partial charge in [-0.15, -0.1) is 0 Å². The molecule has 0 bridgehead atoms. The van der Waals surface area contributed by atoms with Gasteiger partial charge in [-0.2, -0.15) is 0 Å². The first kappa shape index (κ1) is 20.0. The zero-order valence-corrected chi connectivity index (χ0v) is 15.6. The van der Waals surface area contributed by atoms with E-state index in [2.05, 4.69) is 5.32 Å². The summed E-state index contributed by atoms with van der Waals surface area (Å²) in [5.41, 5.74) is 0.0794. The Morgan fingerprint density at radius 1 is 1.08 bits per heavy atom.